The van der Waals surface area contributed by atoms with Crippen LogP contribution in [0.3, 0.4) is 0 Å². The summed E-state index contributed by atoms with van der Waals surface area (Å²) >= 11 is 7.79. The lowest BCUT2D eigenvalue weighted by molar-refractivity contribution is 0.0962. The molecular formula is C16H18ClNOS. The van der Waals surface area contributed by atoms with Crippen LogP contribution in [-0.4, -0.2) is 24.3 Å². The topological polar surface area (TPSA) is 20.3 Å². The molecule has 0 radical (unpaired) electrons. The molecule has 1 atom stereocenters. The molecule has 0 N–H and O–H groups in total. The molecule has 1 aromatic heterocycles. The van der Waals surface area contributed by atoms with Crippen LogP contribution in [0, 0.1) is 0 Å². The molecule has 0 aliphatic heterocycles. The summed E-state index contributed by atoms with van der Waals surface area (Å²) in [6.45, 7) is 2.88. The Morgan fingerprint density at radius 1 is 1.30 bits per heavy atom. The fourth-order valence-corrected chi connectivity index (χ4v) is 3.13. The van der Waals surface area contributed by atoms with E-state index in [9.17, 15) is 4.79 Å². The van der Waals surface area contributed by atoms with E-state index in [1.165, 1.54) is 4.88 Å². The Kier molecular flexibility index (Phi) is 5.35. The zero-order chi connectivity index (χ0) is 14.5. The van der Waals surface area contributed by atoms with E-state index in [-0.39, 0.29) is 5.78 Å². The second-order valence-corrected chi connectivity index (χ2v) is 6.21. The molecule has 0 saturated carbocycles. The molecule has 0 spiro atoms. The van der Waals surface area contributed by atoms with Crippen molar-refractivity contribution in [3.8, 4) is 0 Å². The molecule has 0 amide bonds. The normalized spacial score (nSPS) is 12.6. The van der Waals surface area contributed by atoms with Gasteiger partial charge in [-0.25, -0.2) is 0 Å². The maximum Gasteiger partial charge on any atom is 0.165 e. The van der Waals surface area contributed by atoms with Gasteiger partial charge in [-0.15, -0.1) is 11.3 Å². The van der Waals surface area contributed by atoms with Crippen LogP contribution in [0.4, 0.5) is 0 Å². The predicted octanol–water partition coefficient (Wildman–Crippen LogP) is 4.67. The fourth-order valence-electron chi connectivity index (χ4n) is 2.04. The third kappa shape index (κ3) is 3.69. The van der Waals surface area contributed by atoms with Gasteiger partial charge in [-0.05, 0) is 37.6 Å². The van der Waals surface area contributed by atoms with Crippen molar-refractivity contribution in [2.75, 3.05) is 13.6 Å². The van der Waals surface area contributed by atoms with Crippen LogP contribution >= 0.6 is 22.9 Å². The summed E-state index contributed by atoms with van der Waals surface area (Å²) in [5.74, 6) is 0.0980. The van der Waals surface area contributed by atoms with Gasteiger partial charge in [0.25, 0.3) is 0 Å². The highest BCUT2D eigenvalue weighted by molar-refractivity contribution is 7.10. The van der Waals surface area contributed by atoms with Crippen molar-refractivity contribution >= 4 is 28.7 Å². The van der Waals surface area contributed by atoms with Gasteiger partial charge in [0, 0.05) is 29.4 Å². The maximum absolute atomic E-state index is 12.2. The van der Waals surface area contributed by atoms with E-state index in [1.54, 1.807) is 23.5 Å². The second kappa shape index (κ2) is 7.02. The highest BCUT2D eigenvalue weighted by atomic mass is 35.5. The number of hydrogen-bond donors (Lipinski definition) is 0. The van der Waals surface area contributed by atoms with Crippen LogP contribution < -0.4 is 0 Å². The van der Waals surface area contributed by atoms with E-state index in [2.05, 4.69) is 29.3 Å². The van der Waals surface area contributed by atoms with Crippen LogP contribution in [0.2, 0.25) is 5.02 Å². The molecule has 1 aromatic carbocycles. The minimum atomic E-state index is 0.0980. The van der Waals surface area contributed by atoms with E-state index in [0.29, 0.717) is 23.0 Å². The molecule has 0 aliphatic rings. The maximum atomic E-state index is 12.2. The van der Waals surface area contributed by atoms with Crippen molar-refractivity contribution in [3.05, 3.63) is 57.2 Å². The molecule has 0 saturated heterocycles. The van der Waals surface area contributed by atoms with Crippen molar-refractivity contribution in [2.24, 2.45) is 0 Å². The Morgan fingerprint density at radius 3 is 2.70 bits per heavy atom. The number of benzene rings is 1. The summed E-state index contributed by atoms with van der Waals surface area (Å²) in [6.07, 6.45) is 0.482. The highest BCUT2D eigenvalue weighted by Crippen LogP contribution is 2.24. The Labute approximate surface area is 129 Å². The lowest BCUT2D eigenvalue weighted by atomic mass is 10.1. The number of nitrogens with zero attached hydrogens (tertiary/aromatic N) is 1. The number of ketones is 1. The summed E-state index contributed by atoms with van der Waals surface area (Å²) in [5, 5.41) is 2.61. The Morgan fingerprint density at radius 2 is 2.05 bits per heavy atom. The average molecular weight is 308 g/mol. The Hall–Kier alpha value is -1.16. The van der Waals surface area contributed by atoms with Crippen LogP contribution in [0.25, 0.3) is 0 Å². The summed E-state index contributed by atoms with van der Waals surface area (Å²) in [5.41, 5.74) is 0.617. The zero-order valence-corrected chi connectivity index (χ0v) is 13.2. The van der Waals surface area contributed by atoms with Gasteiger partial charge >= 0.3 is 0 Å². The van der Waals surface area contributed by atoms with Gasteiger partial charge in [0.05, 0.1) is 5.02 Å². The average Bonchev–Trinajstić information content (AvgIpc) is 2.98. The predicted molar refractivity (Wildman–Crippen MR) is 85.8 cm³/mol. The summed E-state index contributed by atoms with van der Waals surface area (Å²) in [6, 6.07) is 11.7. The van der Waals surface area contributed by atoms with Crippen molar-refractivity contribution in [3.63, 3.8) is 0 Å². The number of Topliss-reactive ketones (excluding diaryl/α,β-unsaturated/α-hetero) is 1. The lowest BCUT2D eigenvalue weighted by Gasteiger charge is -2.23. The van der Waals surface area contributed by atoms with E-state index < -0.39 is 0 Å². The molecule has 20 heavy (non-hydrogen) atoms. The van der Waals surface area contributed by atoms with Crippen LogP contribution in [0.5, 0.6) is 0 Å². The van der Waals surface area contributed by atoms with E-state index >= 15 is 0 Å². The standard InChI is InChI=1S/C16H18ClNOS/c1-12(16-8-5-11-20-16)18(2)10-9-15(19)13-6-3-4-7-14(13)17/h3-8,11-12H,9-10H2,1-2H3. The quantitative estimate of drug-likeness (QED) is 0.723. The first-order chi connectivity index (χ1) is 9.59. The number of carbonyl (C=O) groups is 1. The van der Waals surface area contributed by atoms with Gasteiger partial charge in [-0.2, -0.15) is 0 Å². The molecule has 1 heterocycles. The summed E-state index contributed by atoms with van der Waals surface area (Å²) in [4.78, 5) is 15.7. The SMILES string of the molecule is CC(c1cccs1)N(C)CCC(=O)c1ccccc1Cl. The Bertz CT molecular complexity index is 568. The van der Waals surface area contributed by atoms with Crippen molar-refractivity contribution in [2.45, 2.75) is 19.4 Å². The first-order valence-electron chi connectivity index (χ1n) is 6.61. The second-order valence-electron chi connectivity index (χ2n) is 4.83. The minimum absolute atomic E-state index is 0.0980. The first kappa shape index (κ1) is 15.2. The number of rotatable bonds is 6. The third-order valence-electron chi connectivity index (χ3n) is 3.48. The largest absolute Gasteiger partial charge is 0.298 e. The van der Waals surface area contributed by atoms with Crippen LogP contribution in [-0.2, 0) is 0 Å². The highest BCUT2D eigenvalue weighted by Gasteiger charge is 2.15. The zero-order valence-electron chi connectivity index (χ0n) is 11.7. The van der Waals surface area contributed by atoms with Crippen molar-refractivity contribution < 1.29 is 4.79 Å². The summed E-state index contributed by atoms with van der Waals surface area (Å²) < 4.78 is 0. The number of carbonyl (C=O) groups excluding carboxylic acids is 1. The van der Waals surface area contributed by atoms with Gasteiger partial charge in [0.15, 0.2) is 5.78 Å². The fraction of sp³-hybridized carbons (Fsp3) is 0.312. The molecule has 2 rings (SSSR count). The molecule has 4 heteroatoms. The minimum Gasteiger partial charge on any atom is -0.298 e. The van der Waals surface area contributed by atoms with E-state index in [4.69, 9.17) is 11.6 Å². The first-order valence-corrected chi connectivity index (χ1v) is 7.86. The Balaban J connectivity index is 1.92. The molecule has 1 unspecified atom stereocenters. The van der Waals surface area contributed by atoms with Crippen LogP contribution in [0.15, 0.2) is 41.8 Å². The van der Waals surface area contributed by atoms with Crippen molar-refractivity contribution in [1.29, 1.82) is 0 Å². The number of halogens is 1. The van der Waals surface area contributed by atoms with E-state index in [0.717, 1.165) is 6.54 Å². The molecule has 2 aromatic rings. The number of hydrogen-bond acceptors (Lipinski definition) is 3. The molecule has 2 nitrogen and oxygen atoms in total. The van der Waals surface area contributed by atoms with Gasteiger partial charge in [-0.1, -0.05) is 29.8 Å². The smallest absolute Gasteiger partial charge is 0.165 e. The van der Waals surface area contributed by atoms with E-state index in [1.807, 2.05) is 19.2 Å². The molecular weight excluding hydrogens is 290 g/mol. The monoisotopic (exact) mass is 307 g/mol. The number of thiophene rings is 1. The van der Waals surface area contributed by atoms with Crippen LogP contribution in [0.1, 0.15) is 34.6 Å². The lowest BCUT2D eigenvalue weighted by Crippen LogP contribution is -2.24. The third-order valence-corrected chi connectivity index (χ3v) is 4.85. The molecule has 0 aliphatic carbocycles. The molecule has 0 bridgehead atoms. The molecule has 0 fully saturated rings. The molecule has 106 valence electrons. The van der Waals surface area contributed by atoms with Gasteiger partial charge in [0.1, 0.15) is 0 Å². The van der Waals surface area contributed by atoms with Gasteiger partial charge in [-0.3, -0.25) is 9.69 Å². The van der Waals surface area contributed by atoms with Crippen molar-refractivity contribution in [1.82, 2.24) is 4.90 Å². The van der Waals surface area contributed by atoms with Gasteiger partial charge in [0.2, 0.25) is 0 Å². The van der Waals surface area contributed by atoms with Gasteiger partial charge < -0.3 is 0 Å². The summed E-state index contributed by atoms with van der Waals surface area (Å²) in [7, 11) is 2.05.